The summed E-state index contributed by atoms with van der Waals surface area (Å²) >= 11 is 0. The number of carbonyl (C=O) groups is 3. The molecular formula is C24H24N4O5. The first-order chi connectivity index (χ1) is 15.9. The van der Waals surface area contributed by atoms with Crippen LogP contribution in [0.2, 0.25) is 0 Å². The lowest BCUT2D eigenvalue weighted by molar-refractivity contribution is -0.118. The molecule has 3 aromatic rings. The number of carbonyl (C=O) groups excluding carboxylic acids is 2. The maximum atomic E-state index is 12.7. The molecule has 0 bridgehead atoms. The molecule has 2 amide bonds. The Morgan fingerprint density at radius 2 is 1.70 bits per heavy atom. The Balaban J connectivity index is 1.41. The first-order valence-electron chi connectivity index (χ1n) is 10.6. The van der Waals surface area contributed by atoms with Crippen LogP contribution in [0.1, 0.15) is 40.7 Å². The van der Waals surface area contributed by atoms with E-state index in [1.54, 1.807) is 6.92 Å². The van der Waals surface area contributed by atoms with Crippen LogP contribution >= 0.6 is 0 Å². The van der Waals surface area contributed by atoms with Gasteiger partial charge in [0, 0.05) is 13.0 Å². The molecule has 1 aliphatic rings. The lowest BCUT2D eigenvalue weighted by Gasteiger charge is -2.19. The number of benzene rings is 2. The highest BCUT2D eigenvalue weighted by atomic mass is 16.5. The van der Waals surface area contributed by atoms with Gasteiger partial charge in [-0.3, -0.25) is 9.48 Å². The number of rotatable bonds is 7. The van der Waals surface area contributed by atoms with Crippen LogP contribution in [0.4, 0.5) is 10.6 Å². The molecule has 9 heteroatoms. The van der Waals surface area contributed by atoms with Crippen molar-refractivity contribution in [3.8, 4) is 11.1 Å². The number of alkyl carbamates (subject to hydrolysis) is 1. The zero-order valence-electron chi connectivity index (χ0n) is 18.2. The minimum atomic E-state index is -1.21. The van der Waals surface area contributed by atoms with Crippen molar-refractivity contribution in [3.05, 3.63) is 71.4 Å². The van der Waals surface area contributed by atoms with Crippen LogP contribution in [0.5, 0.6) is 0 Å². The van der Waals surface area contributed by atoms with Crippen LogP contribution in [0.15, 0.2) is 54.7 Å². The van der Waals surface area contributed by atoms with Gasteiger partial charge < -0.3 is 20.5 Å². The van der Waals surface area contributed by atoms with E-state index in [0.717, 1.165) is 28.5 Å². The van der Waals surface area contributed by atoms with Gasteiger partial charge in [0.25, 0.3) is 0 Å². The molecule has 0 radical (unpaired) electrons. The molecular weight excluding hydrogens is 424 g/mol. The second-order valence-electron chi connectivity index (χ2n) is 7.76. The van der Waals surface area contributed by atoms with Crippen molar-refractivity contribution in [2.75, 3.05) is 11.9 Å². The van der Waals surface area contributed by atoms with Crippen LogP contribution in [0, 0.1) is 0 Å². The van der Waals surface area contributed by atoms with Crippen molar-refractivity contribution in [2.45, 2.75) is 25.3 Å². The van der Waals surface area contributed by atoms with Crippen molar-refractivity contribution in [1.82, 2.24) is 15.1 Å². The zero-order chi connectivity index (χ0) is 23.5. The fourth-order valence-electron chi connectivity index (χ4n) is 4.08. The number of fused-ring (bicyclic) bond motifs is 3. The zero-order valence-corrected chi connectivity index (χ0v) is 18.2. The van der Waals surface area contributed by atoms with Crippen molar-refractivity contribution >= 4 is 23.8 Å². The summed E-state index contributed by atoms with van der Waals surface area (Å²) in [4.78, 5) is 36.5. The molecule has 4 rings (SSSR count). The predicted molar refractivity (Wildman–Crippen MR) is 121 cm³/mol. The fourth-order valence-corrected chi connectivity index (χ4v) is 4.08. The van der Waals surface area contributed by atoms with Crippen LogP contribution in [-0.4, -0.2) is 45.5 Å². The molecule has 170 valence electrons. The monoisotopic (exact) mass is 448 g/mol. The number of carboxylic acids is 1. The Morgan fingerprint density at radius 3 is 2.27 bits per heavy atom. The average molecular weight is 448 g/mol. The van der Waals surface area contributed by atoms with Gasteiger partial charge in [0.2, 0.25) is 5.91 Å². The Morgan fingerprint density at radius 1 is 1.09 bits per heavy atom. The maximum absolute atomic E-state index is 12.7. The fraction of sp³-hybridized carbons (Fsp3) is 0.250. The molecule has 0 fully saturated rings. The maximum Gasteiger partial charge on any atom is 0.407 e. The van der Waals surface area contributed by atoms with Crippen molar-refractivity contribution in [3.63, 3.8) is 0 Å². The van der Waals surface area contributed by atoms with Gasteiger partial charge in [0.15, 0.2) is 0 Å². The van der Waals surface area contributed by atoms with Gasteiger partial charge in [-0.2, -0.15) is 5.10 Å². The molecule has 1 heterocycles. The highest BCUT2D eigenvalue weighted by Gasteiger charge is 2.30. The molecule has 0 spiro atoms. The minimum Gasteiger partial charge on any atom is -0.477 e. The van der Waals surface area contributed by atoms with Gasteiger partial charge >= 0.3 is 12.1 Å². The molecule has 1 atom stereocenters. The molecule has 9 nitrogen and oxygen atoms in total. The summed E-state index contributed by atoms with van der Waals surface area (Å²) < 4.78 is 6.75. The van der Waals surface area contributed by atoms with E-state index in [-0.39, 0.29) is 30.3 Å². The largest absolute Gasteiger partial charge is 0.477 e. The smallest absolute Gasteiger partial charge is 0.407 e. The van der Waals surface area contributed by atoms with E-state index in [4.69, 9.17) is 4.74 Å². The first kappa shape index (κ1) is 22.1. The topological polar surface area (TPSA) is 123 Å². The van der Waals surface area contributed by atoms with Gasteiger partial charge in [-0.15, -0.1) is 0 Å². The van der Waals surface area contributed by atoms with Crippen molar-refractivity contribution < 1.29 is 24.2 Å². The Labute approximate surface area is 190 Å². The third kappa shape index (κ3) is 4.30. The van der Waals surface area contributed by atoms with Crippen LogP contribution < -0.4 is 10.6 Å². The number of nitrogens with zero attached hydrogens (tertiary/aromatic N) is 2. The van der Waals surface area contributed by atoms with E-state index in [0.29, 0.717) is 0 Å². The highest BCUT2D eigenvalue weighted by Crippen LogP contribution is 2.44. The number of aromatic nitrogens is 2. The van der Waals surface area contributed by atoms with Crippen molar-refractivity contribution in [1.29, 1.82) is 0 Å². The van der Waals surface area contributed by atoms with E-state index in [9.17, 15) is 19.5 Å². The molecule has 0 aliphatic heterocycles. The van der Waals surface area contributed by atoms with E-state index >= 15 is 0 Å². The van der Waals surface area contributed by atoms with Crippen LogP contribution in [0.3, 0.4) is 0 Å². The van der Waals surface area contributed by atoms with Gasteiger partial charge in [-0.05, 0) is 28.7 Å². The second-order valence-corrected chi connectivity index (χ2v) is 7.76. The lowest BCUT2D eigenvalue weighted by atomic mass is 9.98. The Kier molecular flexibility index (Phi) is 6.12. The van der Waals surface area contributed by atoms with Gasteiger partial charge in [0.1, 0.15) is 24.0 Å². The average Bonchev–Trinajstić information content (AvgIpc) is 3.34. The number of ether oxygens (including phenoxy) is 1. The molecule has 2 aromatic carbocycles. The van der Waals surface area contributed by atoms with Crippen LogP contribution in [-0.2, 0) is 16.6 Å². The van der Waals surface area contributed by atoms with Gasteiger partial charge in [-0.1, -0.05) is 55.5 Å². The minimum absolute atomic E-state index is 0.0419. The molecule has 0 saturated heterocycles. The highest BCUT2D eigenvalue weighted by molar-refractivity contribution is 6.01. The molecule has 0 saturated carbocycles. The Bertz CT molecular complexity index is 1170. The number of anilines is 1. The predicted octanol–water partition coefficient (Wildman–Crippen LogP) is 3.37. The summed E-state index contributed by atoms with van der Waals surface area (Å²) in [6, 6.07) is 15.1. The standard InChI is InChI=1S/C24H24N4O5/c1-3-20(22(29)27-21-18(23(30)31)12-25-28(21)2)26-24(32)33-13-19-16-10-6-4-8-14(16)15-9-5-7-11-17(15)19/h4-12,19-20H,3,13H2,1-2H3,(H,26,32)(H,27,29)(H,30,31). The normalized spacial score (nSPS) is 13.0. The number of carboxylic acid groups (broad SMARTS) is 1. The summed E-state index contributed by atoms with van der Waals surface area (Å²) in [6.45, 7) is 1.86. The van der Waals surface area contributed by atoms with E-state index in [1.165, 1.54) is 11.7 Å². The summed E-state index contributed by atoms with van der Waals surface area (Å²) in [5, 5.41) is 18.2. The summed E-state index contributed by atoms with van der Waals surface area (Å²) in [6.07, 6.45) is 0.719. The van der Waals surface area contributed by atoms with Gasteiger partial charge in [0.05, 0.1) is 6.20 Å². The molecule has 33 heavy (non-hydrogen) atoms. The molecule has 1 aromatic heterocycles. The third-order valence-electron chi connectivity index (χ3n) is 5.77. The number of aromatic carboxylic acids is 1. The van der Waals surface area contributed by atoms with E-state index < -0.39 is 24.0 Å². The number of hydrogen-bond donors (Lipinski definition) is 3. The summed E-state index contributed by atoms with van der Waals surface area (Å²) in [5.41, 5.74) is 4.29. The van der Waals surface area contributed by atoms with E-state index in [2.05, 4.69) is 27.9 Å². The SMILES string of the molecule is CCC(NC(=O)OCC1c2ccccc2-c2ccccc21)C(=O)Nc1c(C(=O)O)cnn1C. The first-order valence-corrected chi connectivity index (χ1v) is 10.6. The van der Waals surface area contributed by atoms with Gasteiger partial charge in [-0.25, -0.2) is 9.59 Å². The van der Waals surface area contributed by atoms with E-state index in [1.807, 2.05) is 36.4 Å². The summed E-state index contributed by atoms with van der Waals surface area (Å²) in [7, 11) is 1.52. The molecule has 1 aliphatic carbocycles. The second kappa shape index (κ2) is 9.15. The molecule has 1 unspecified atom stereocenters. The lowest BCUT2D eigenvalue weighted by Crippen LogP contribution is -2.44. The number of aryl methyl sites for hydroxylation is 1. The van der Waals surface area contributed by atoms with Crippen LogP contribution in [0.25, 0.3) is 11.1 Å². The number of nitrogens with one attached hydrogen (secondary N) is 2. The summed E-state index contributed by atoms with van der Waals surface area (Å²) in [5.74, 6) is -1.82. The Hall–Kier alpha value is -4.14. The number of hydrogen-bond acceptors (Lipinski definition) is 5. The van der Waals surface area contributed by atoms with Crippen molar-refractivity contribution in [2.24, 2.45) is 7.05 Å². The number of amides is 2. The third-order valence-corrected chi connectivity index (χ3v) is 5.77. The quantitative estimate of drug-likeness (QED) is 0.509. The molecule has 3 N–H and O–H groups in total.